The molecule has 1 unspecified atom stereocenters. The Hall–Kier alpha value is -2.58. The highest BCUT2D eigenvalue weighted by atomic mass is 16.6. The highest BCUT2D eigenvalue weighted by Crippen LogP contribution is 2.28. The van der Waals surface area contributed by atoms with Crippen LogP contribution in [0.5, 0.6) is 5.75 Å². The Morgan fingerprint density at radius 3 is 3.12 bits per heavy atom. The lowest BCUT2D eigenvalue weighted by molar-refractivity contribution is -0.0267. The Morgan fingerprint density at radius 2 is 2.31 bits per heavy atom. The number of cyclic esters (lactones) is 1. The molecule has 138 valence electrons. The number of morpholine rings is 1. The van der Waals surface area contributed by atoms with Crippen LogP contribution in [-0.4, -0.2) is 66.3 Å². The molecule has 8 nitrogen and oxygen atoms in total. The highest BCUT2D eigenvalue weighted by molar-refractivity contribution is 5.71. The molecule has 1 aromatic heterocycles. The van der Waals surface area contributed by atoms with Crippen molar-refractivity contribution >= 4 is 6.09 Å². The number of benzene rings is 1. The number of hydrogen-bond donors (Lipinski definition) is 1. The standard InChI is InChI=1S/C18H22N4O4/c1-24-16-4-3-15(22-6-2-5-20-22)9-14(16)10-19-11-18-12-25-8-7-21(18)17(23)26-13-18/h2-6,9,19H,7-8,10-13H2,1H3. The van der Waals surface area contributed by atoms with E-state index < -0.39 is 5.54 Å². The first kappa shape index (κ1) is 16.9. The number of carbonyl (C=O) groups excluding carboxylic acids is 1. The third-order valence-electron chi connectivity index (χ3n) is 4.89. The van der Waals surface area contributed by atoms with Crippen LogP contribution < -0.4 is 10.1 Å². The van der Waals surface area contributed by atoms with Gasteiger partial charge >= 0.3 is 6.09 Å². The number of methoxy groups -OCH3 is 1. The van der Waals surface area contributed by atoms with Gasteiger partial charge in [-0.2, -0.15) is 5.10 Å². The topological polar surface area (TPSA) is 77.9 Å². The zero-order chi connectivity index (χ0) is 18.0. The van der Waals surface area contributed by atoms with Gasteiger partial charge in [0.2, 0.25) is 0 Å². The van der Waals surface area contributed by atoms with Gasteiger partial charge in [-0.15, -0.1) is 0 Å². The lowest BCUT2D eigenvalue weighted by Crippen LogP contribution is -2.60. The number of nitrogens with one attached hydrogen (secondary N) is 1. The Kier molecular flexibility index (Phi) is 4.52. The Balaban J connectivity index is 1.47. The average Bonchev–Trinajstić information content (AvgIpc) is 3.31. The molecule has 1 N–H and O–H groups in total. The highest BCUT2D eigenvalue weighted by Gasteiger charge is 2.49. The quantitative estimate of drug-likeness (QED) is 0.836. The monoisotopic (exact) mass is 358 g/mol. The van der Waals surface area contributed by atoms with E-state index in [2.05, 4.69) is 10.4 Å². The summed E-state index contributed by atoms with van der Waals surface area (Å²) in [7, 11) is 1.66. The van der Waals surface area contributed by atoms with E-state index in [4.69, 9.17) is 14.2 Å². The van der Waals surface area contributed by atoms with Gasteiger partial charge in [-0.3, -0.25) is 4.90 Å². The molecular weight excluding hydrogens is 336 g/mol. The van der Waals surface area contributed by atoms with Gasteiger partial charge in [0.1, 0.15) is 17.9 Å². The summed E-state index contributed by atoms with van der Waals surface area (Å²) in [5.74, 6) is 0.807. The van der Waals surface area contributed by atoms with Crippen LogP contribution in [0, 0.1) is 0 Å². The van der Waals surface area contributed by atoms with Gasteiger partial charge in [-0.25, -0.2) is 9.48 Å². The van der Waals surface area contributed by atoms with Crippen molar-refractivity contribution in [2.75, 3.05) is 40.0 Å². The summed E-state index contributed by atoms with van der Waals surface area (Å²) in [5.41, 5.74) is 1.56. The fourth-order valence-electron chi connectivity index (χ4n) is 3.51. The first-order valence-electron chi connectivity index (χ1n) is 8.62. The van der Waals surface area contributed by atoms with Crippen molar-refractivity contribution in [3.63, 3.8) is 0 Å². The summed E-state index contributed by atoms with van der Waals surface area (Å²) in [4.78, 5) is 13.7. The molecule has 2 aliphatic rings. The third kappa shape index (κ3) is 3.02. The molecule has 1 aromatic carbocycles. The maximum Gasteiger partial charge on any atom is 0.410 e. The number of amides is 1. The molecule has 3 heterocycles. The molecule has 26 heavy (non-hydrogen) atoms. The summed E-state index contributed by atoms with van der Waals surface area (Å²) in [6.07, 6.45) is 3.39. The van der Waals surface area contributed by atoms with Gasteiger partial charge < -0.3 is 19.5 Å². The maximum atomic E-state index is 11.9. The van der Waals surface area contributed by atoms with Gasteiger partial charge in [0.25, 0.3) is 0 Å². The molecule has 8 heteroatoms. The average molecular weight is 358 g/mol. The second kappa shape index (κ2) is 6.97. The Bertz CT molecular complexity index is 780. The number of hydrogen-bond acceptors (Lipinski definition) is 6. The number of ether oxygens (including phenoxy) is 3. The largest absolute Gasteiger partial charge is 0.496 e. The van der Waals surface area contributed by atoms with E-state index >= 15 is 0 Å². The summed E-state index contributed by atoms with van der Waals surface area (Å²) >= 11 is 0. The molecule has 4 rings (SSSR count). The van der Waals surface area contributed by atoms with Crippen LogP contribution in [0.2, 0.25) is 0 Å². The second-order valence-electron chi connectivity index (χ2n) is 6.53. The molecule has 2 aromatic rings. The van der Waals surface area contributed by atoms with Crippen molar-refractivity contribution in [1.29, 1.82) is 0 Å². The predicted octanol–water partition coefficient (Wildman–Crippen LogP) is 1.19. The number of carbonyl (C=O) groups is 1. The summed E-state index contributed by atoms with van der Waals surface area (Å²) < 4.78 is 18.1. The molecule has 0 spiro atoms. The van der Waals surface area contributed by atoms with E-state index in [1.54, 1.807) is 18.2 Å². The first-order valence-corrected chi connectivity index (χ1v) is 8.62. The van der Waals surface area contributed by atoms with Crippen LogP contribution in [-0.2, 0) is 16.0 Å². The van der Waals surface area contributed by atoms with E-state index in [0.29, 0.717) is 39.5 Å². The molecule has 0 radical (unpaired) electrons. The fourth-order valence-corrected chi connectivity index (χ4v) is 3.51. The van der Waals surface area contributed by atoms with E-state index in [1.165, 1.54) is 0 Å². The van der Waals surface area contributed by atoms with Crippen LogP contribution in [0.25, 0.3) is 5.69 Å². The van der Waals surface area contributed by atoms with Crippen LogP contribution in [0.4, 0.5) is 4.79 Å². The molecule has 0 saturated carbocycles. The number of rotatable bonds is 6. The minimum atomic E-state index is -0.428. The molecule has 0 aliphatic carbocycles. The predicted molar refractivity (Wildman–Crippen MR) is 93.4 cm³/mol. The Morgan fingerprint density at radius 1 is 1.38 bits per heavy atom. The van der Waals surface area contributed by atoms with Gasteiger partial charge in [-0.1, -0.05) is 0 Å². The van der Waals surface area contributed by atoms with Crippen molar-refractivity contribution in [2.45, 2.75) is 12.1 Å². The van der Waals surface area contributed by atoms with Crippen LogP contribution in [0.15, 0.2) is 36.7 Å². The van der Waals surface area contributed by atoms with Crippen LogP contribution >= 0.6 is 0 Å². The SMILES string of the molecule is COc1ccc(-n2cccn2)cc1CNCC12COCCN1C(=O)OC2. The van der Waals surface area contributed by atoms with E-state index in [9.17, 15) is 4.79 Å². The zero-order valence-electron chi connectivity index (χ0n) is 14.7. The third-order valence-corrected chi connectivity index (χ3v) is 4.89. The van der Waals surface area contributed by atoms with Crippen LogP contribution in [0.3, 0.4) is 0 Å². The number of nitrogens with zero attached hydrogens (tertiary/aromatic N) is 3. The zero-order valence-corrected chi connectivity index (χ0v) is 14.7. The smallest absolute Gasteiger partial charge is 0.410 e. The van der Waals surface area contributed by atoms with Crippen molar-refractivity contribution in [2.24, 2.45) is 0 Å². The minimum Gasteiger partial charge on any atom is -0.496 e. The van der Waals surface area contributed by atoms with Gasteiger partial charge in [0, 0.05) is 37.6 Å². The maximum absolute atomic E-state index is 11.9. The second-order valence-corrected chi connectivity index (χ2v) is 6.53. The lowest BCUT2D eigenvalue weighted by atomic mass is 9.99. The van der Waals surface area contributed by atoms with Crippen molar-refractivity contribution in [3.8, 4) is 11.4 Å². The lowest BCUT2D eigenvalue weighted by Gasteiger charge is -2.39. The normalized spacial score (nSPS) is 22.2. The van der Waals surface area contributed by atoms with Crippen molar-refractivity contribution < 1.29 is 19.0 Å². The van der Waals surface area contributed by atoms with E-state index in [1.807, 2.05) is 35.1 Å². The fraction of sp³-hybridized carbons (Fsp3) is 0.444. The molecule has 1 atom stereocenters. The number of aromatic nitrogens is 2. The van der Waals surface area contributed by atoms with Gasteiger partial charge in [-0.05, 0) is 24.3 Å². The Labute approximate surface area is 151 Å². The minimum absolute atomic E-state index is 0.256. The molecular formula is C18H22N4O4. The van der Waals surface area contributed by atoms with Crippen molar-refractivity contribution in [3.05, 3.63) is 42.2 Å². The van der Waals surface area contributed by atoms with Gasteiger partial charge in [0.05, 0.1) is 26.0 Å². The molecule has 0 bridgehead atoms. The van der Waals surface area contributed by atoms with E-state index in [-0.39, 0.29) is 6.09 Å². The van der Waals surface area contributed by atoms with Crippen LogP contribution in [0.1, 0.15) is 5.56 Å². The molecule has 2 fully saturated rings. The number of fused-ring (bicyclic) bond motifs is 1. The molecule has 1 amide bonds. The molecule has 2 saturated heterocycles. The molecule has 2 aliphatic heterocycles. The van der Waals surface area contributed by atoms with E-state index in [0.717, 1.165) is 17.0 Å². The summed E-state index contributed by atoms with van der Waals surface area (Å²) in [6, 6.07) is 7.83. The van der Waals surface area contributed by atoms with Gasteiger partial charge in [0.15, 0.2) is 0 Å². The summed E-state index contributed by atoms with van der Waals surface area (Å²) in [5, 5.41) is 7.70. The van der Waals surface area contributed by atoms with Crippen molar-refractivity contribution in [1.82, 2.24) is 20.0 Å². The first-order chi connectivity index (χ1) is 12.7. The summed E-state index contributed by atoms with van der Waals surface area (Å²) in [6.45, 7) is 3.14.